The first kappa shape index (κ1) is 25.6. The average Bonchev–Trinajstić information content (AvgIpc) is 3.26. The Labute approximate surface area is 227 Å². The predicted molar refractivity (Wildman–Crippen MR) is 150 cm³/mol. The number of nitrogens with zero attached hydrogens (tertiary/aromatic N) is 1. The lowest BCUT2D eigenvalue weighted by molar-refractivity contribution is 0.0697. The number of benzene rings is 4. The van der Waals surface area contributed by atoms with Gasteiger partial charge in [0.1, 0.15) is 5.75 Å². The normalized spacial score (nSPS) is 20.7. The topological polar surface area (TPSA) is 49.8 Å². The molecule has 1 saturated heterocycles. The van der Waals surface area contributed by atoms with E-state index >= 15 is 0 Å². The lowest BCUT2D eigenvalue weighted by Crippen LogP contribution is -2.31. The van der Waals surface area contributed by atoms with Crippen LogP contribution in [0.15, 0.2) is 78.9 Å². The van der Waals surface area contributed by atoms with Crippen LogP contribution in [-0.4, -0.2) is 29.6 Å². The molecule has 5 rings (SSSR count). The fourth-order valence-corrected chi connectivity index (χ4v) is 6.15. The molecule has 0 aliphatic carbocycles. The highest BCUT2D eigenvalue weighted by Crippen LogP contribution is 2.49. The fraction of sp³-hybridized carbons (Fsp3) is 0.258. The van der Waals surface area contributed by atoms with Crippen LogP contribution < -0.4 is 4.74 Å². The minimum Gasteiger partial charge on any atom is -0.497 e. The highest BCUT2D eigenvalue weighted by Gasteiger charge is 2.44. The third-order valence-electron chi connectivity index (χ3n) is 7.73. The van der Waals surface area contributed by atoms with Crippen molar-refractivity contribution in [2.24, 2.45) is 0 Å². The van der Waals surface area contributed by atoms with Crippen LogP contribution in [-0.2, 0) is 5.41 Å². The van der Waals surface area contributed by atoms with Crippen molar-refractivity contribution in [2.45, 2.75) is 37.8 Å². The fourth-order valence-electron chi connectivity index (χ4n) is 5.62. The Morgan fingerprint density at radius 2 is 1.62 bits per heavy atom. The number of hydrogen-bond acceptors (Lipinski definition) is 3. The summed E-state index contributed by atoms with van der Waals surface area (Å²) >= 11 is 12.8. The second-order valence-corrected chi connectivity index (χ2v) is 11.1. The quantitative estimate of drug-likeness (QED) is 0.270. The zero-order valence-electron chi connectivity index (χ0n) is 21.0. The molecule has 4 aromatic rings. The predicted octanol–water partition coefficient (Wildman–Crippen LogP) is 8.32. The first-order chi connectivity index (χ1) is 17.7. The maximum absolute atomic E-state index is 11.4. The van der Waals surface area contributed by atoms with Crippen molar-refractivity contribution in [3.63, 3.8) is 0 Å². The summed E-state index contributed by atoms with van der Waals surface area (Å²) in [6.45, 7) is 5.26. The molecule has 0 radical (unpaired) electrons. The van der Waals surface area contributed by atoms with Crippen molar-refractivity contribution >= 4 is 39.9 Å². The molecule has 0 amide bonds. The Kier molecular flexibility index (Phi) is 6.93. The minimum atomic E-state index is -0.920. The monoisotopic (exact) mass is 533 g/mol. The summed E-state index contributed by atoms with van der Waals surface area (Å²) in [5.74, 6) is -0.0805. The molecule has 37 heavy (non-hydrogen) atoms. The van der Waals surface area contributed by atoms with Gasteiger partial charge in [-0.1, -0.05) is 60.5 Å². The van der Waals surface area contributed by atoms with Crippen LogP contribution in [0.1, 0.15) is 59.4 Å². The Hall–Kier alpha value is -3.05. The van der Waals surface area contributed by atoms with Gasteiger partial charge in [-0.15, -0.1) is 0 Å². The van der Waals surface area contributed by atoms with Gasteiger partial charge in [0.05, 0.1) is 12.7 Å². The van der Waals surface area contributed by atoms with E-state index in [2.05, 4.69) is 49.1 Å². The van der Waals surface area contributed by atoms with Gasteiger partial charge in [-0.3, -0.25) is 4.90 Å². The summed E-state index contributed by atoms with van der Waals surface area (Å²) in [5, 5.41) is 12.9. The maximum atomic E-state index is 11.4. The number of carbonyl (C=O) groups is 1. The third kappa shape index (κ3) is 5.06. The molecule has 4 nitrogen and oxygen atoms in total. The number of carboxylic acid groups (broad SMARTS) is 1. The largest absolute Gasteiger partial charge is 0.497 e. The Bertz CT molecular complexity index is 1450. The van der Waals surface area contributed by atoms with Crippen molar-refractivity contribution in [2.75, 3.05) is 13.7 Å². The lowest BCUT2D eigenvalue weighted by Gasteiger charge is -2.32. The van der Waals surface area contributed by atoms with E-state index in [1.165, 1.54) is 5.56 Å². The van der Waals surface area contributed by atoms with Crippen molar-refractivity contribution in [1.29, 1.82) is 0 Å². The molecule has 1 heterocycles. The van der Waals surface area contributed by atoms with E-state index in [9.17, 15) is 9.90 Å². The minimum absolute atomic E-state index is 0.0656. The lowest BCUT2D eigenvalue weighted by atomic mass is 9.79. The third-order valence-corrected chi connectivity index (χ3v) is 8.17. The molecule has 1 unspecified atom stereocenters. The summed E-state index contributed by atoms with van der Waals surface area (Å²) in [6, 6.07) is 26.0. The molecule has 1 aliphatic rings. The Balaban J connectivity index is 1.56. The second kappa shape index (κ2) is 10.0. The van der Waals surface area contributed by atoms with E-state index in [1.54, 1.807) is 25.3 Å². The average molecular weight is 534 g/mol. The summed E-state index contributed by atoms with van der Waals surface area (Å²) in [5.41, 5.74) is 3.55. The number of hydrogen-bond donors (Lipinski definition) is 1. The van der Waals surface area contributed by atoms with E-state index in [4.69, 9.17) is 27.9 Å². The van der Waals surface area contributed by atoms with Crippen LogP contribution in [0.25, 0.3) is 10.8 Å². The number of ether oxygens (including phenoxy) is 1. The van der Waals surface area contributed by atoms with Gasteiger partial charge in [-0.2, -0.15) is 0 Å². The number of fused-ring (bicyclic) bond motifs is 1. The number of likely N-dealkylation sites (tertiary alicyclic amines) is 1. The van der Waals surface area contributed by atoms with Gasteiger partial charge in [0.25, 0.3) is 0 Å². The first-order valence-corrected chi connectivity index (χ1v) is 13.1. The highest BCUT2D eigenvalue weighted by atomic mass is 35.5. The number of carboxylic acids is 1. The number of methoxy groups -OCH3 is 1. The SMILES string of the molecule is COc1ccc2cc([C@H]3C[C@](C)(c4cc(Cl)cc(Cl)c4)CN3C(C)c3ccc(C(=O)O)cc3)ccc2c1. The molecule has 4 aromatic carbocycles. The summed E-state index contributed by atoms with van der Waals surface area (Å²) in [4.78, 5) is 13.9. The van der Waals surface area contributed by atoms with E-state index in [0.717, 1.165) is 40.6 Å². The van der Waals surface area contributed by atoms with Crippen LogP contribution in [0, 0.1) is 0 Å². The molecule has 1 N–H and O–H groups in total. The van der Waals surface area contributed by atoms with Gasteiger partial charge in [0, 0.05) is 34.1 Å². The van der Waals surface area contributed by atoms with Crippen molar-refractivity contribution < 1.29 is 14.6 Å². The number of halogens is 2. The van der Waals surface area contributed by atoms with E-state index in [0.29, 0.717) is 10.0 Å². The molecule has 1 aliphatic heterocycles. The first-order valence-electron chi connectivity index (χ1n) is 12.3. The molecule has 0 saturated carbocycles. The molecule has 6 heteroatoms. The van der Waals surface area contributed by atoms with Crippen LogP contribution in [0.5, 0.6) is 5.75 Å². The van der Waals surface area contributed by atoms with E-state index in [1.807, 2.05) is 30.3 Å². The maximum Gasteiger partial charge on any atom is 0.335 e. The smallest absolute Gasteiger partial charge is 0.335 e. The summed E-state index contributed by atoms with van der Waals surface area (Å²) < 4.78 is 5.40. The zero-order valence-corrected chi connectivity index (χ0v) is 22.6. The van der Waals surface area contributed by atoms with Crippen molar-refractivity contribution in [3.05, 3.63) is 111 Å². The molecular weight excluding hydrogens is 505 g/mol. The van der Waals surface area contributed by atoms with Gasteiger partial charge < -0.3 is 9.84 Å². The van der Waals surface area contributed by atoms with E-state index < -0.39 is 5.97 Å². The molecule has 3 atom stereocenters. The van der Waals surface area contributed by atoms with Crippen LogP contribution in [0.4, 0.5) is 0 Å². The number of rotatable bonds is 6. The van der Waals surface area contributed by atoms with Gasteiger partial charge in [0.15, 0.2) is 0 Å². The van der Waals surface area contributed by atoms with Gasteiger partial charge in [0.2, 0.25) is 0 Å². The molecule has 0 bridgehead atoms. The van der Waals surface area contributed by atoms with Gasteiger partial charge in [-0.25, -0.2) is 4.79 Å². The molecule has 190 valence electrons. The molecular formula is C31H29Cl2NO3. The molecule has 0 aromatic heterocycles. The van der Waals surface area contributed by atoms with Gasteiger partial charge in [-0.05, 0) is 89.3 Å². The van der Waals surface area contributed by atoms with Crippen LogP contribution in [0.3, 0.4) is 0 Å². The van der Waals surface area contributed by atoms with Crippen LogP contribution in [0.2, 0.25) is 10.0 Å². The van der Waals surface area contributed by atoms with Crippen molar-refractivity contribution in [1.82, 2.24) is 4.90 Å². The molecule has 0 spiro atoms. The second-order valence-electron chi connectivity index (χ2n) is 10.2. The summed E-state index contributed by atoms with van der Waals surface area (Å²) in [6.07, 6.45) is 0.892. The summed E-state index contributed by atoms with van der Waals surface area (Å²) in [7, 11) is 1.68. The molecule has 1 fully saturated rings. The van der Waals surface area contributed by atoms with Gasteiger partial charge >= 0.3 is 5.97 Å². The standard InChI is InChI=1S/C31H29Cl2NO3/c1-19(20-4-6-21(7-5-20)30(35)36)34-18-31(2,25-14-26(32)16-27(33)15-25)17-29(34)24-9-8-23-13-28(37-3)11-10-22(23)12-24/h4-16,19,29H,17-18H2,1-3H3,(H,35,36)/t19?,29-,31+/m1/s1. The van der Waals surface area contributed by atoms with Crippen molar-refractivity contribution in [3.8, 4) is 5.75 Å². The van der Waals surface area contributed by atoms with Crippen LogP contribution >= 0.6 is 23.2 Å². The zero-order chi connectivity index (χ0) is 26.3. The highest BCUT2D eigenvalue weighted by molar-refractivity contribution is 6.34. The Morgan fingerprint density at radius 3 is 2.27 bits per heavy atom. The number of aromatic carboxylic acids is 1. The Morgan fingerprint density at radius 1 is 0.973 bits per heavy atom. The van der Waals surface area contributed by atoms with E-state index in [-0.39, 0.29) is 23.1 Å².